The smallest absolute Gasteiger partial charge is 0.0994 e. The molecule has 1 aliphatic rings. The molecule has 90 valence electrons. The minimum atomic E-state index is 0.618. The number of anilines is 1. The van der Waals surface area contributed by atoms with Gasteiger partial charge < -0.3 is 4.90 Å². The molecule has 1 aromatic carbocycles. The molecule has 1 aliphatic heterocycles. The van der Waals surface area contributed by atoms with E-state index in [-0.39, 0.29) is 0 Å². The Hall–Kier alpha value is -1.49. The molecule has 0 aromatic heterocycles. The first-order valence-corrected chi connectivity index (χ1v) is 6.46. The maximum absolute atomic E-state index is 8.96. The van der Waals surface area contributed by atoms with Crippen LogP contribution in [0.1, 0.15) is 44.2 Å². The van der Waals surface area contributed by atoms with Crippen LogP contribution in [0.25, 0.3) is 0 Å². The Morgan fingerprint density at radius 3 is 2.76 bits per heavy atom. The summed E-state index contributed by atoms with van der Waals surface area (Å²) in [5.41, 5.74) is 3.14. The molecule has 1 saturated heterocycles. The Bertz CT molecular complexity index is 445. The Balaban J connectivity index is 2.33. The zero-order valence-electron chi connectivity index (χ0n) is 10.9. The van der Waals surface area contributed by atoms with Crippen molar-refractivity contribution in [3.8, 4) is 6.07 Å². The summed E-state index contributed by atoms with van der Waals surface area (Å²) in [6.45, 7) is 6.57. The number of nitrogens with zero attached hydrogens (tertiary/aromatic N) is 2. The van der Waals surface area contributed by atoms with E-state index in [4.69, 9.17) is 5.26 Å². The zero-order valence-corrected chi connectivity index (χ0v) is 10.9. The summed E-state index contributed by atoms with van der Waals surface area (Å²) >= 11 is 0. The Kier molecular flexibility index (Phi) is 3.38. The van der Waals surface area contributed by atoms with Crippen LogP contribution in [0, 0.1) is 18.3 Å². The molecule has 0 saturated carbocycles. The molecule has 1 aromatic rings. The molecule has 0 aliphatic carbocycles. The Morgan fingerprint density at radius 2 is 2.18 bits per heavy atom. The second-order valence-electron chi connectivity index (χ2n) is 5.01. The summed E-state index contributed by atoms with van der Waals surface area (Å²) in [5.74, 6) is 0. The van der Waals surface area contributed by atoms with Gasteiger partial charge in [0.1, 0.15) is 0 Å². The van der Waals surface area contributed by atoms with Gasteiger partial charge in [0.15, 0.2) is 0 Å². The van der Waals surface area contributed by atoms with Gasteiger partial charge in [0.25, 0.3) is 0 Å². The number of hydrogen-bond acceptors (Lipinski definition) is 2. The van der Waals surface area contributed by atoms with Gasteiger partial charge in [-0.15, -0.1) is 0 Å². The first-order chi connectivity index (χ1) is 8.17. The minimum absolute atomic E-state index is 0.618. The molecule has 1 fully saturated rings. The summed E-state index contributed by atoms with van der Waals surface area (Å²) in [4.78, 5) is 2.52. The predicted molar refractivity (Wildman–Crippen MR) is 71.1 cm³/mol. The second kappa shape index (κ2) is 4.79. The monoisotopic (exact) mass is 228 g/mol. The summed E-state index contributed by atoms with van der Waals surface area (Å²) < 4.78 is 0. The SMILES string of the molecule is CCC1CCC(C)N1c1ccc(C#N)c(C)c1. The van der Waals surface area contributed by atoms with Gasteiger partial charge in [-0.1, -0.05) is 6.92 Å². The van der Waals surface area contributed by atoms with Crippen LogP contribution in [0.2, 0.25) is 0 Å². The van der Waals surface area contributed by atoms with Crippen LogP contribution < -0.4 is 4.90 Å². The third-order valence-electron chi connectivity index (χ3n) is 3.89. The van der Waals surface area contributed by atoms with Gasteiger partial charge in [-0.3, -0.25) is 0 Å². The first-order valence-electron chi connectivity index (χ1n) is 6.46. The topological polar surface area (TPSA) is 27.0 Å². The quantitative estimate of drug-likeness (QED) is 0.772. The molecular weight excluding hydrogens is 208 g/mol. The maximum atomic E-state index is 8.96. The molecule has 2 rings (SSSR count). The molecule has 2 nitrogen and oxygen atoms in total. The third-order valence-corrected chi connectivity index (χ3v) is 3.89. The predicted octanol–water partition coefficient (Wildman–Crippen LogP) is 3.63. The fraction of sp³-hybridized carbons (Fsp3) is 0.533. The van der Waals surface area contributed by atoms with Crippen molar-refractivity contribution in [3.05, 3.63) is 29.3 Å². The highest BCUT2D eigenvalue weighted by Gasteiger charge is 2.29. The lowest BCUT2D eigenvalue weighted by Crippen LogP contribution is -2.34. The largest absolute Gasteiger partial charge is 0.366 e. The standard InChI is InChI=1S/C15H20N2/c1-4-14-7-5-12(3)17(14)15-8-6-13(10-16)11(2)9-15/h6,8-9,12,14H,4-5,7H2,1-3H3. The van der Waals surface area contributed by atoms with Gasteiger partial charge in [0.2, 0.25) is 0 Å². The molecule has 0 amide bonds. The van der Waals surface area contributed by atoms with E-state index < -0.39 is 0 Å². The van der Waals surface area contributed by atoms with Crippen LogP contribution >= 0.6 is 0 Å². The summed E-state index contributed by atoms with van der Waals surface area (Å²) in [6, 6.07) is 9.71. The molecule has 0 radical (unpaired) electrons. The van der Waals surface area contributed by atoms with Crippen molar-refractivity contribution in [1.82, 2.24) is 0 Å². The number of rotatable bonds is 2. The lowest BCUT2D eigenvalue weighted by Gasteiger charge is -2.30. The van der Waals surface area contributed by atoms with E-state index >= 15 is 0 Å². The molecule has 0 spiro atoms. The van der Waals surface area contributed by atoms with Crippen molar-refractivity contribution in [3.63, 3.8) is 0 Å². The van der Waals surface area contributed by atoms with E-state index in [2.05, 4.69) is 36.9 Å². The van der Waals surface area contributed by atoms with Crippen molar-refractivity contribution in [2.24, 2.45) is 0 Å². The van der Waals surface area contributed by atoms with Gasteiger partial charge >= 0.3 is 0 Å². The van der Waals surface area contributed by atoms with Crippen molar-refractivity contribution < 1.29 is 0 Å². The molecule has 0 bridgehead atoms. The fourth-order valence-corrected chi connectivity index (χ4v) is 2.87. The number of benzene rings is 1. The Morgan fingerprint density at radius 1 is 1.41 bits per heavy atom. The number of hydrogen-bond donors (Lipinski definition) is 0. The summed E-state index contributed by atoms with van der Waals surface area (Å²) in [6.07, 6.45) is 3.76. The average molecular weight is 228 g/mol. The highest BCUT2D eigenvalue weighted by atomic mass is 15.2. The molecule has 2 heteroatoms. The Labute approximate surface area is 104 Å². The normalized spacial score (nSPS) is 23.8. The third kappa shape index (κ3) is 2.15. The van der Waals surface area contributed by atoms with E-state index in [9.17, 15) is 0 Å². The molecule has 1 heterocycles. The first kappa shape index (κ1) is 12.0. The van der Waals surface area contributed by atoms with Crippen LogP contribution in [-0.4, -0.2) is 12.1 Å². The van der Waals surface area contributed by atoms with Gasteiger partial charge in [-0.25, -0.2) is 0 Å². The number of nitriles is 1. The van der Waals surface area contributed by atoms with Crippen LogP contribution in [0.5, 0.6) is 0 Å². The minimum Gasteiger partial charge on any atom is -0.366 e. The van der Waals surface area contributed by atoms with Gasteiger partial charge in [-0.05, 0) is 56.9 Å². The molecule has 2 atom stereocenters. The maximum Gasteiger partial charge on any atom is 0.0994 e. The number of aryl methyl sites for hydroxylation is 1. The fourth-order valence-electron chi connectivity index (χ4n) is 2.87. The van der Waals surface area contributed by atoms with Crippen LogP contribution in [-0.2, 0) is 0 Å². The van der Waals surface area contributed by atoms with Crippen molar-refractivity contribution in [2.45, 2.75) is 52.1 Å². The molecule has 0 N–H and O–H groups in total. The molecular formula is C15H20N2. The summed E-state index contributed by atoms with van der Waals surface area (Å²) in [7, 11) is 0. The van der Waals surface area contributed by atoms with Gasteiger partial charge in [0, 0.05) is 17.8 Å². The lowest BCUT2D eigenvalue weighted by atomic mass is 10.1. The lowest BCUT2D eigenvalue weighted by molar-refractivity contribution is 0.628. The van der Waals surface area contributed by atoms with Crippen LogP contribution in [0.3, 0.4) is 0 Å². The van der Waals surface area contributed by atoms with Crippen molar-refractivity contribution in [1.29, 1.82) is 5.26 Å². The van der Waals surface area contributed by atoms with Crippen molar-refractivity contribution >= 4 is 5.69 Å². The average Bonchev–Trinajstić information content (AvgIpc) is 2.70. The van der Waals surface area contributed by atoms with Gasteiger partial charge in [0.05, 0.1) is 11.6 Å². The zero-order chi connectivity index (χ0) is 12.4. The van der Waals surface area contributed by atoms with E-state index in [0.717, 1.165) is 11.1 Å². The van der Waals surface area contributed by atoms with E-state index in [1.165, 1.54) is 24.9 Å². The summed E-state index contributed by atoms with van der Waals surface area (Å²) in [5, 5.41) is 8.96. The van der Waals surface area contributed by atoms with Crippen LogP contribution in [0.4, 0.5) is 5.69 Å². The second-order valence-corrected chi connectivity index (χ2v) is 5.01. The van der Waals surface area contributed by atoms with E-state index in [1.54, 1.807) is 0 Å². The van der Waals surface area contributed by atoms with Crippen LogP contribution in [0.15, 0.2) is 18.2 Å². The van der Waals surface area contributed by atoms with E-state index in [1.807, 2.05) is 13.0 Å². The highest BCUT2D eigenvalue weighted by Crippen LogP contribution is 2.32. The molecule has 17 heavy (non-hydrogen) atoms. The highest BCUT2D eigenvalue weighted by molar-refractivity contribution is 5.55. The van der Waals surface area contributed by atoms with Crippen molar-refractivity contribution in [2.75, 3.05) is 4.90 Å². The van der Waals surface area contributed by atoms with E-state index in [0.29, 0.717) is 12.1 Å². The molecule has 2 unspecified atom stereocenters. The van der Waals surface area contributed by atoms with Gasteiger partial charge in [-0.2, -0.15) is 5.26 Å².